The van der Waals surface area contributed by atoms with Crippen molar-refractivity contribution in [2.45, 2.75) is 26.4 Å². The molecule has 0 aliphatic carbocycles. The second-order valence-electron chi connectivity index (χ2n) is 6.13. The number of carbonyl (C=O) groups is 2. The first-order valence-electron chi connectivity index (χ1n) is 8.45. The molecule has 0 amide bonds. The number of ether oxygens (including phenoxy) is 1. The molecule has 0 aliphatic heterocycles. The Kier molecular flexibility index (Phi) is 5.35. The lowest BCUT2D eigenvalue weighted by molar-refractivity contribution is -0.144. The fraction of sp³-hybridized carbons (Fsp3) is 0.190. The summed E-state index contributed by atoms with van der Waals surface area (Å²) in [5.41, 5.74) is 1.12. The fourth-order valence-corrected chi connectivity index (χ4v) is 2.75. The highest BCUT2D eigenvalue weighted by Crippen LogP contribution is 2.27. The van der Waals surface area contributed by atoms with Gasteiger partial charge in [-0.2, -0.15) is 0 Å². The molecule has 1 aromatic heterocycles. The number of fused-ring (bicyclic) bond motifs is 1. The Morgan fingerprint density at radius 2 is 1.81 bits per heavy atom. The highest BCUT2D eigenvalue weighted by molar-refractivity contribution is 5.97. The van der Waals surface area contributed by atoms with Crippen LogP contribution >= 0.6 is 0 Å². The average molecular weight is 366 g/mol. The summed E-state index contributed by atoms with van der Waals surface area (Å²) in [5, 5.41) is 10.3. The van der Waals surface area contributed by atoms with Crippen LogP contribution in [0.5, 0.6) is 5.75 Å². The second-order valence-corrected chi connectivity index (χ2v) is 6.13. The van der Waals surface area contributed by atoms with Crippen molar-refractivity contribution in [1.82, 2.24) is 0 Å². The number of hydrogen-bond acceptors (Lipinski definition) is 6. The van der Waals surface area contributed by atoms with E-state index in [9.17, 15) is 19.5 Å². The van der Waals surface area contributed by atoms with Gasteiger partial charge in [0.25, 0.3) is 0 Å². The summed E-state index contributed by atoms with van der Waals surface area (Å²) in [6.07, 6.45) is 0.000417. The summed E-state index contributed by atoms with van der Waals surface area (Å²) in [4.78, 5) is 35.8. The largest absolute Gasteiger partial charge is 0.508 e. The topological polar surface area (TPSA) is 93.8 Å². The van der Waals surface area contributed by atoms with Crippen LogP contribution in [0.15, 0.2) is 57.7 Å². The van der Waals surface area contributed by atoms with E-state index in [2.05, 4.69) is 0 Å². The SMILES string of the molecule is Cc1c(O)ccc2c(COC(=O)CCC(=O)c3ccccc3)cc(=O)oc12. The van der Waals surface area contributed by atoms with E-state index in [0.717, 1.165) is 0 Å². The maximum Gasteiger partial charge on any atom is 0.336 e. The van der Waals surface area contributed by atoms with E-state index < -0.39 is 11.6 Å². The number of benzene rings is 2. The van der Waals surface area contributed by atoms with Crippen molar-refractivity contribution in [3.8, 4) is 5.75 Å². The summed E-state index contributed by atoms with van der Waals surface area (Å²) >= 11 is 0. The number of phenols is 1. The van der Waals surface area contributed by atoms with Gasteiger partial charge in [-0.25, -0.2) is 4.79 Å². The average Bonchev–Trinajstić information content (AvgIpc) is 2.68. The molecule has 6 nitrogen and oxygen atoms in total. The summed E-state index contributed by atoms with van der Waals surface area (Å²) in [5.74, 6) is -0.653. The smallest absolute Gasteiger partial charge is 0.336 e. The van der Waals surface area contributed by atoms with Crippen molar-refractivity contribution < 1.29 is 23.8 Å². The Labute approximate surface area is 155 Å². The van der Waals surface area contributed by atoms with Crippen LogP contribution in [0.25, 0.3) is 11.0 Å². The van der Waals surface area contributed by atoms with Gasteiger partial charge in [-0.3, -0.25) is 9.59 Å². The van der Waals surface area contributed by atoms with Crippen LogP contribution in [0.4, 0.5) is 0 Å². The summed E-state index contributed by atoms with van der Waals surface area (Å²) in [6.45, 7) is 1.51. The number of aryl methyl sites for hydroxylation is 1. The summed E-state index contributed by atoms with van der Waals surface area (Å²) in [6, 6.07) is 13.1. The molecule has 0 atom stereocenters. The van der Waals surface area contributed by atoms with E-state index in [0.29, 0.717) is 22.1 Å². The molecule has 0 saturated heterocycles. The predicted molar refractivity (Wildman–Crippen MR) is 98.7 cm³/mol. The Hall–Kier alpha value is -3.41. The zero-order valence-corrected chi connectivity index (χ0v) is 14.7. The first kappa shape index (κ1) is 18.4. The van der Waals surface area contributed by atoms with Crippen molar-refractivity contribution in [2.24, 2.45) is 0 Å². The molecule has 27 heavy (non-hydrogen) atoms. The number of aromatic hydroxyl groups is 1. The van der Waals surface area contributed by atoms with Crippen LogP contribution in [0.2, 0.25) is 0 Å². The van der Waals surface area contributed by atoms with Gasteiger partial charge in [-0.15, -0.1) is 0 Å². The zero-order chi connectivity index (χ0) is 19.4. The van der Waals surface area contributed by atoms with Gasteiger partial charge in [0.15, 0.2) is 5.78 Å². The Balaban J connectivity index is 1.66. The summed E-state index contributed by atoms with van der Waals surface area (Å²) < 4.78 is 10.4. The van der Waals surface area contributed by atoms with Gasteiger partial charge in [0.1, 0.15) is 17.9 Å². The van der Waals surface area contributed by atoms with Crippen molar-refractivity contribution in [1.29, 1.82) is 0 Å². The predicted octanol–water partition coefficient (Wildman–Crippen LogP) is 3.51. The molecule has 0 bridgehead atoms. The quantitative estimate of drug-likeness (QED) is 0.408. The molecule has 0 spiro atoms. The lowest BCUT2D eigenvalue weighted by Gasteiger charge is -2.09. The molecule has 0 saturated carbocycles. The third-order valence-corrected chi connectivity index (χ3v) is 4.26. The Bertz CT molecular complexity index is 1050. The molecular weight excluding hydrogens is 348 g/mol. The van der Waals surface area contributed by atoms with Gasteiger partial charge < -0.3 is 14.3 Å². The minimum absolute atomic E-state index is 0.0132. The van der Waals surface area contributed by atoms with Crippen LogP contribution in [-0.2, 0) is 16.1 Å². The molecule has 0 unspecified atom stereocenters. The molecule has 1 N–H and O–H groups in total. The number of rotatable bonds is 6. The highest BCUT2D eigenvalue weighted by Gasteiger charge is 2.14. The molecule has 3 rings (SSSR count). The minimum atomic E-state index is -0.596. The molecule has 2 aromatic carbocycles. The van der Waals surface area contributed by atoms with Crippen LogP contribution in [0.3, 0.4) is 0 Å². The van der Waals surface area contributed by atoms with Crippen molar-refractivity contribution in [2.75, 3.05) is 0 Å². The summed E-state index contributed by atoms with van der Waals surface area (Å²) in [7, 11) is 0. The lowest BCUT2D eigenvalue weighted by Crippen LogP contribution is -2.10. The van der Waals surface area contributed by atoms with Crippen LogP contribution in [-0.4, -0.2) is 16.9 Å². The van der Waals surface area contributed by atoms with Crippen LogP contribution in [0.1, 0.15) is 34.3 Å². The third kappa shape index (κ3) is 4.23. The fourth-order valence-electron chi connectivity index (χ4n) is 2.75. The molecule has 3 aromatic rings. The Morgan fingerprint density at radius 3 is 2.56 bits per heavy atom. The van der Waals surface area contributed by atoms with Crippen molar-refractivity contribution in [3.05, 3.63) is 75.6 Å². The zero-order valence-electron chi connectivity index (χ0n) is 14.7. The van der Waals surface area contributed by atoms with Gasteiger partial charge >= 0.3 is 11.6 Å². The second kappa shape index (κ2) is 7.86. The van der Waals surface area contributed by atoms with Gasteiger partial charge in [-0.1, -0.05) is 30.3 Å². The van der Waals surface area contributed by atoms with Gasteiger partial charge in [0.05, 0.1) is 6.42 Å². The molecular formula is C21H18O6. The number of hydrogen-bond donors (Lipinski definition) is 1. The number of carbonyl (C=O) groups excluding carboxylic acids is 2. The maximum atomic E-state index is 12.0. The number of Topliss-reactive ketones (excluding diaryl/α,β-unsaturated/α-hetero) is 1. The highest BCUT2D eigenvalue weighted by atomic mass is 16.5. The first-order chi connectivity index (χ1) is 13.0. The monoisotopic (exact) mass is 366 g/mol. The lowest BCUT2D eigenvalue weighted by atomic mass is 10.1. The van der Waals surface area contributed by atoms with Gasteiger partial charge in [0.2, 0.25) is 0 Å². The number of esters is 1. The molecule has 6 heteroatoms. The first-order valence-corrected chi connectivity index (χ1v) is 8.45. The molecule has 138 valence electrons. The Morgan fingerprint density at radius 1 is 1.07 bits per heavy atom. The maximum absolute atomic E-state index is 12.0. The van der Waals surface area contributed by atoms with E-state index in [1.165, 1.54) is 12.1 Å². The van der Waals surface area contributed by atoms with E-state index in [1.807, 2.05) is 6.07 Å². The van der Waals surface area contributed by atoms with Crippen LogP contribution < -0.4 is 5.63 Å². The van der Waals surface area contributed by atoms with E-state index in [4.69, 9.17) is 9.15 Å². The molecule has 1 heterocycles. The molecule has 0 fully saturated rings. The van der Waals surface area contributed by atoms with E-state index >= 15 is 0 Å². The minimum Gasteiger partial charge on any atom is -0.508 e. The third-order valence-electron chi connectivity index (χ3n) is 4.26. The number of phenolic OH excluding ortho intramolecular Hbond substituents is 1. The molecule has 0 aliphatic rings. The van der Waals surface area contributed by atoms with Gasteiger partial charge in [0, 0.05) is 34.6 Å². The van der Waals surface area contributed by atoms with E-state index in [-0.39, 0.29) is 36.6 Å². The standard InChI is InChI=1S/C21H18O6/c1-13-17(22)8-7-16-15(11-20(25)27-21(13)16)12-26-19(24)10-9-18(23)14-5-3-2-4-6-14/h2-8,11,22H,9-10,12H2,1H3. The van der Waals surface area contributed by atoms with Crippen LogP contribution in [0, 0.1) is 6.92 Å². The number of ketones is 1. The van der Waals surface area contributed by atoms with E-state index in [1.54, 1.807) is 37.3 Å². The van der Waals surface area contributed by atoms with Crippen molar-refractivity contribution in [3.63, 3.8) is 0 Å². The van der Waals surface area contributed by atoms with Crippen molar-refractivity contribution >= 4 is 22.7 Å². The van der Waals surface area contributed by atoms with Gasteiger partial charge in [-0.05, 0) is 19.1 Å². The normalized spacial score (nSPS) is 10.7. The molecule has 0 radical (unpaired) electrons.